The molecule has 10 heteroatoms. The second-order valence-corrected chi connectivity index (χ2v) is 9.18. The summed E-state index contributed by atoms with van der Waals surface area (Å²) in [5, 5.41) is 0. The van der Waals surface area contributed by atoms with E-state index < -0.39 is 33.3 Å². The van der Waals surface area contributed by atoms with Crippen molar-refractivity contribution in [1.82, 2.24) is 4.72 Å². The van der Waals surface area contributed by atoms with E-state index in [1.807, 2.05) is 60.7 Å². The van der Waals surface area contributed by atoms with Crippen LogP contribution in [0.4, 0.5) is 13.2 Å². The van der Waals surface area contributed by atoms with Crippen molar-refractivity contribution in [2.75, 3.05) is 0 Å². The zero-order chi connectivity index (χ0) is 21.8. The highest BCUT2D eigenvalue weighted by atomic mass is 32.2. The van der Waals surface area contributed by atoms with E-state index in [0.29, 0.717) is 0 Å². The molecule has 3 rings (SSSR count). The maximum Gasteiger partial charge on any atom is 0.472 e. The molecule has 0 radical (unpaired) electrons. The Labute approximate surface area is 174 Å². The lowest BCUT2D eigenvalue weighted by Crippen LogP contribution is -2.42. The predicted molar refractivity (Wildman–Crippen MR) is 105 cm³/mol. The molecule has 0 aliphatic carbocycles. The highest BCUT2D eigenvalue weighted by Gasteiger charge is 2.41. The van der Waals surface area contributed by atoms with E-state index in [0.717, 1.165) is 19.4 Å². The number of halogens is 3. The van der Waals surface area contributed by atoms with Gasteiger partial charge in [0.1, 0.15) is 5.75 Å². The van der Waals surface area contributed by atoms with Gasteiger partial charge in [0.25, 0.3) is 0 Å². The van der Waals surface area contributed by atoms with E-state index in [1.165, 1.54) is 12.1 Å². The van der Waals surface area contributed by atoms with Gasteiger partial charge in [0.05, 0.1) is 10.9 Å². The van der Waals surface area contributed by atoms with Crippen LogP contribution < -0.4 is 8.91 Å². The van der Waals surface area contributed by atoms with Gasteiger partial charge in [-0.05, 0) is 48.5 Å². The number of carbonyl (C=O) groups is 1. The summed E-state index contributed by atoms with van der Waals surface area (Å²) in [5.74, 6) is -2.86. The monoisotopic (exact) mass is 454 g/mol. The third kappa shape index (κ3) is 5.55. The molecule has 0 heterocycles. The van der Waals surface area contributed by atoms with E-state index >= 15 is 0 Å². The molecular formula is C20H15F3NO4S2+. The maximum absolute atomic E-state index is 12.3. The number of benzene rings is 3. The maximum atomic E-state index is 12.3. The minimum atomic E-state index is -5.35. The van der Waals surface area contributed by atoms with E-state index in [1.54, 1.807) is 12.1 Å². The molecule has 1 N–H and O–H groups in total. The first-order valence-corrected chi connectivity index (χ1v) is 11.1. The number of alkyl halides is 3. The Kier molecular flexibility index (Phi) is 6.37. The molecule has 0 bridgehead atoms. The molecule has 0 aromatic heterocycles. The van der Waals surface area contributed by atoms with Crippen molar-refractivity contribution < 1.29 is 30.6 Å². The van der Waals surface area contributed by atoms with Gasteiger partial charge in [-0.15, -0.1) is 0 Å². The molecule has 30 heavy (non-hydrogen) atoms. The molecule has 3 aromatic carbocycles. The molecule has 0 fully saturated rings. The van der Waals surface area contributed by atoms with Gasteiger partial charge in [0, 0.05) is 0 Å². The fraction of sp³-hybridized carbons (Fsp3) is 0.0500. The summed E-state index contributed by atoms with van der Waals surface area (Å²) < 4.78 is 65.5. The molecule has 0 aliphatic rings. The van der Waals surface area contributed by atoms with Crippen LogP contribution in [0.15, 0.2) is 99.6 Å². The Morgan fingerprint density at radius 2 is 1.20 bits per heavy atom. The molecule has 0 saturated heterocycles. The number of nitrogens with one attached hydrogen (secondary N) is 1. The molecule has 1 amide bonds. The first kappa shape index (κ1) is 21.7. The topological polar surface area (TPSA) is 72.5 Å². The van der Waals surface area contributed by atoms with Crippen molar-refractivity contribution in [3.05, 3.63) is 84.9 Å². The molecule has 0 atom stereocenters. The Morgan fingerprint density at radius 3 is 1.63 bits per heavy atom. The minimum Gasteiger partial charge on any atom is -0.367 e. The Hall–Kier alpha value is -2.98. The molecule has 0 spiro atoms. The summed E-state index contributed by atoms with van der Waals surface area (Å²) in [4.78, 5) is 13.7. The summed E-state index contributed by atoms with van der Waals surface area (Å²) in [5.41, 5.74) is 0. The van der Waals surface area contributed by atoms with Gasteiger partial charge in [-0.1, -0.05) is 36.4 Å². The molecule has 5 nitrogen and oxygen atoms in total. The molecule has 156 valence electrons. The summed E-state index contributed by atoms with van der Waals surface area (Å²) >= 11 is 0. The first-order chi connectivity index (χ1) is 14.2. The van der Waals surface area contributed by atoms with Crippen LogP contribution in [0, 0.1) is 0 Å². The average molecular weight is 454 g/mol. The Morgan fingerprint density at radius 1 is 0.767 bits per heavy atom. The van der Waals surface area contributed by atoms with Crippen LogP contribution in [-0.2, 0) is 26.0 Å². The second kappa shape index (κ2) is 8.80. The SMILES string of the molecule is O=C(NS(=O)(=O)Oc1ccc([S+](c2ccccc2)c2ccccc2)cc1)C(F)(F)F. The normalized spacial score (nSPS) is 11.9. The lowest BCUT2D eigenvalue weighted by atomic mass is 10.3. The van der Waals surface area contributed by atoms with E-state index in [4.69, 9.17) is 0 Å². The quantitative estimate of drug-likeness (QED) is 0.570. The number of hydrogen-bond donors (Lipinski definition) is 1. The van der Waals surface area contributed by atoms with Crippen molar-refractivity contribution in [2.45, 2.75) is 20.9 Å². The van der Waals surface area contributed by atoms with Gasteiger partial charge in [-0.3, -0.25) is 4.79 Å². The van der Waals surface area contributed by atoms with Crippen molar-refractivity contribution in [1.29, 1.82) is 0 Å². The Bertz CT molecular complexity index is 1060. The Balaban J connectivity index is 1.85. The number of carbonyl (C=O) groups excluding carboxylic acids is 1. The number of rotatable bonds is 6. The standard InChI is InChI=1S/C20H14F3NO4S2/c21-20(22,23)19(25)24-30(26,27)28-15-11-13-18(14-12-15)29(16-7-3-1-4-8-16)17-9-5-2-6-10-17/h1-14H/p+1. The van der Waals surface area contributed by atoms with Gasteiger partial charge in [-0.25, -0.2) is 4.72 Å². The van der Waals surface area contributed by atoms with Crippen LogP contribution in [0.25, 0.3) is 0 Å². The van der Waals surface area contributed by atoms with Gasteiger partial charge in [0.2, 0.25) is 0 Å². The highest BCUT2D eigenvalue weighted by Crippen LogP contribution is 2.32. The van der Waals surface area contributed by atoms with E-state index in [-0.39, 0.29) is 5.75 Å². The van der Waals surface area contributed by atoms with Crippen molar-refractivity contribution in [3.8, 4) is 5.75 Å². The van der Waals surface area contributed by atoms with Gasteiger partial charge in [-0.2, -0.15) is 21.6 Å². The van der Waals surface area contributed by atoms with Crippen LogP contribution in [0.5, 0.6) is 5.75 Å². The zero-order valence-corrected chi connectivity index (χ0v) is 16.8. The van der Waals surface area contributed by atoms with Gasteiger partial charge in [0.15, 0.2) is 14.7 Å². The summed E-state index contributed by atoms with van der Waals surface area (Å²) in [6, 6.07) is 25.2. The average Bonchev–Trinajstić information content (AvgIpc) is 2.70. The zero-order valence-electron chi connectivity index (χ0n) is 15.2. The van der Waals surface area contributed by atoms with Gasteiger partial charge < -0.3 is 4.18 Å². The largest absolute Gasteiger partial charge is 0.472 e. The van der Waals surface area contributed by atoms with Crippen LogP contribution in [0.3, 0.4) is 0 Å². The van der Waals surface area contributed by atoms with Crippen molar-refractivity contribution in [3.63, 3.8) is 0 Å². The first-order valence-electron chi connectivity index (χ1n) is 8.43. The van der Waals surface area contributed by atoms with E-state index in [2.05, 4.69) is 4.18 Å². The third-order valence-electron chi connectivity index (χ3n) is 3.70. The van der Waals surface area contributed by atoms with Crippen LogP contribution in [0.1, 0.15) is 0 Å². The van der Waals surface area contributed by atoms with Crippen molar-refractivity contribution >= 4 is 27.1 Å². The lowest BCUT2D eigenvalue weighted by molar-refractivity contribution is -0.171. The smallest absolute Gasteiger partial charge is 0.367 e. The minimum absolute atomic E-state index is 0.231. The number of hydrogen-bond acceptors (Lipinski definition) is 4. The van der Waals surface area contributed by atoms with Gasteiger partial charge >= 0.3 is 22.4 Å². The molecule has 0 aliphatic heterocycles. The molecular weight excluding hydrogens is 439 g/mol. The second-order valence-electron chi connectivity index (χ2n) is 5.87. The fourth-order valence-electron chi connectivity index (χ4n) is 2.47. The van der Waals surface area contributed by atoms with Crippen molar-refractivity contribution in [2.24, 2.45) is 0 Å². The number of amides is 1. The summed E-state index contributed by atoms with van der Waals surface area (Å²) in [6.45, 7) is 0. The fourth-order valence-corrected chi connectivity index (χ4v) is 5.30. The molecule has 3 aromatic rings. The predicted octanol–water partition coefficient (Wildman–Crippen LogP) is 4.08. The molecule has 0 saturated carbocycles. The summed E-state index contributed by atoms with van der Waals surface area (Å²) in [6.07, 6.45) is -5.35. The van der Waals surface area contributed by atoms with E-state index in [9.17, 15) is 26.4 Å². The summed E-state index contributed by atoms with van der Waals surface area (Å²) in [7, 11) is -5.46. The van der Waals surface area contributed by atoms with Crippen LogP contribution in [-0.4, -0.2) is 20.5 Å². The van der Waals surface area contributed by atoms with Crippen LogP contribution in [0.2, 0.25) is 0 Å². The highest BCUT2D eigenvalue weighted by molar-refractivity contribution is 7.97. The third-order valence-corrected chi connectivity index (χ3v) is 6.78. The van der Waals surface area contributed by atoms with Crippen LogP contribution >= 0.6 is 0 Å². The lowest BCUT2D eigenvalue weighted by Gasteiger charge is -2.11. The molecule has 0 unspecified atom stereocenters.